The Labute approximate surface area is 137 Å². The molecule has 1 fully saturated rings. The van der Waals surface area contributed by atoms with Gasteiger partial charge in [0.05, 0.1) is 16.4 Å². The number of carbonyl (C=O) groups excluding carboxylic acids is 1. The third kappa shape index (κ3) is 2.94. The van der Waals surface area contributed by atoms with Crippen LogP contribution in [-0.4, -0.2) is 44.4 Å². The van der Waals surface area contributed by atoms with Crippen molar-refractivity contribution in [2.45, 2.75) is 25.8 Å². The van der Waals surface area contributed by atoms with Gasteiger partial charge >= 0.3 is 5.97 Å². The summed E-state index contributed by atoms with van der Waals surface area (Å²) in [6.07, 6.45) is 3.22. The van der Waals surface area contributed by atoms with Crippen molar-refractivity contribution < 1.29 is 19.6 Å². The molecule has 1 aliphatic rings. The third-order valence-corrected chi connectivity index (χ3v) is 4.25. The number of rotatable bonds is 6. The molecule has 3 rings (SSSR count). The van der Waals surface area contributed by atoms with E-state index in [1.807, 2.05) is 0 Å². The molecule has 0 saturated heterocycles. The lowest BCUT2D eigenvalue weighted by atomic mass is 10.1. The number of non-ortho nitro benzene ring substituents is 1. The maximum absolute atomic E-state index is 12.9. The minimum Gasteiger partial charge on any atom is -0.481 e. The summed E-state index contributed by atoms with van der Waals surface area (Å²) in [5, 5.41) is 20.5. The Kier molecular flexibility index (Phi) is 3.96. The molecule has 2 N–H and O–H groups in total. The lowest BCUT2D eigenvalue weighted by Crippen LogP contribution is -2.38. The van der Waals surface area contributed by atoms with E-state index in [1.165, 1.54) is 18.3 Å². The van der Waals surface area contributed by atoms with Crippen molar-refractivity contribution in [2.75, 3.05) is 6.54 Å². The summed E-state index contributed by atoms with van der Waals surface area (Å²) >= 11 is 0. The summed E-state index contributed by atoms with van der Waals surface area (Å²) in [7, 11) is 0. The Morgan fingerprint density at radius 1 is 1.46 bits per heavy atom. The molecule has 8 nitrogen and oxygen atoms in total. The van der Waals surface area contributed by atoms with Crippen molar-refractivity contribution in [3.8, 4) is 0 Å². The number of aliphatic carboxylic acids is 1. The Morgan fingerprint density at radius 3 is 2.75 bits per heavy atom. The van der Waals surface area contributed by atoms with E-state index in [0.717, 1.165) is 12.8 Å². The van der Waals surface area contributed by atoms with Crippen LogP contribution in [0.1, 0.15) is 30.1 Å². The molecule has 1 unspecified atom stereocenters. The Balaban J connectivity index is 1.95. The Bertz CT molecular complexity index is 824. The van der Waals surface area contributed by atoms with Crippen molar-refractivity contribution in [3.63, 3.8) is 0 Å². The maximum atomic E-state index is 12.9. The number of fused-ring (bicyclic) bond motifs is 1. The zero-order valence-electron chi connectivity index (χ0n) is 13.1. The zero-order chi connectivity index (χ0) is 17.4. The average molecular weight is 331 g/mol. The molecule has 1 atom stereocenters. The van der Waals surface area contributed by atoms with Crippen LogP contribution in [0.5, 0.6) is 0 Å². The van der Waals surface area contributed by atoms with Crippen LogP contribution in [0.25, 0.3) is 10.9 Å². The van der Waals surface area contributed by atoms with Crippen molar-refractivity contribution >= 4 is 28.5 Å². The molecular weight excluding hydrogens is 314 g/mol. The van der Waals surface area contributed by atoms with Crippen LogP contribution < -0.4 is 0 Å². The highest BCUT2D eigenvalue weighted by atomic mass is 16.6. The Hall–Kier alpha value is -2.90. The zero-order valence-corrected chi connectivity index (χ0v) is 13.1. The topological polar surface area (TPSA) is 117 Å². The van der Waals surface area contributed by atoms with E-state index in [-0.39, 0.29) is 24.2 Å². The van der Waals surface area contributed by atoms with Gasteiger partial charge in [-0.3, -0.25) is 19.7 Å². The highest BCUT2D eigenvalue weighted by Gasteiger charge is 2.35. The van der Waals surface area contributed by atoms with E-state index in [9.17, 15) is 19.7 Å². The molecule has 1 saturated carbocycles. The molecule has 1 aliphatic carbocycles. The molecule has 1 aromatic carbocycles. The number of carbonyl (C=O) groups is 2. The summed E-state index contributed by atoms with van der Waals surface area (Å²) in [4.78, 5) is 38.9. The van der Waals surface area contributed by atoms with Gasteiger partial charge in [0.2, 0.25) is 0 Å². The number of hydrogen-bond acceptors (Lipinski definition) is 4. The van der Waals surface area contributed by atoms with E-state index in [0.29, 0.717) is 16.5 Å². The lowest BCUT2D eigenvalue weighted by molar-refractivity contribution is -0.384. The number of aromatic nitrogens is 1. The predicted octanol–water partition coefficient (Wildman–Crippen LogP) is 2.40. The fourth-order valence-corrected chi connectivity index (χ4v) is 2.71. The number of carboxylic acids is 1. The number of H-pyrrole nitrogens is 1. The summed E-state index contributed by atoms with van der Waals surface area (Å²) in [5.74, 6) is -1.92. The minimum atomic E-state index is -0.956. The van der Waals surface area contributed by atoms with Gasteiger partial charge in [0.15, 0.2) is 0 Å². The number of nitro groups is 1. The normalized spacial score (nSPS) is 15.2. The molecule has 1 amide bonds. The second-order valence-electron chi connectivity index (χ2n) is 6.12. The highest BCUT2D eigenvalue weighted by molar-refractivity contribution is 6.07. The van der Waals surface area contributed by atoms with E-state index in [1.54, 1.807) is 17.9 Å². The number of carboxylic acid groups (broad SMARTS) is 1. The van der Waals surface area contributed by atoms with Crippen LogP contribution in [0.4, 0.5) is 5.69 Å². The maximum Gasteiger partial charge on any atom is 0.308 e. The smallest absolute Gasteiger partial charge is 0.308 e. The summed E-state index contributed by atoms with van der Waals surface area (Å²) in [5.41, 5.74) is 0.872. The van der Waals surface area contributed by atoms with Gasteiger partial charge in [-0.25, -0.2) is 0 Å². The van der Waals surface area contributed by atoms with Gasteiger partial charge in [0.1, 0.15) is 0 Å². The van der Waals surface area contributed by atoms with Crippen LogP contribution in [0.2, 0.25) is 0 Å². The van der Waals surface area contributed by atoms with Gasteiger partial charge in [0.25, 0.3) is 11.6 Å². The summed E-state index contributed by atoms with van der Waals surface area (Å²) in [6, 6.07) is 4.34. The number of nitro benzene ring substituents is 1. The van der Waals surface area contributed by atoms with Gasteiger partial charge in [-0.2, -0.15) is 0 Å². The summed E-state index contributed by atoms with van der Waals surface area (Å²) < 4.78 is 0. The van der Waals surface area contributed by atoms with Crippen LogP contribution in [0.3, 0.4) is 0 Å². The monoisotopic (exact) mass is 331 g/mol. The molecular formula is C16H17N3O5. The van der Waals surface area contributed by atoms with Crippen molar-refractivity contribution in [1.29, 1.82) is 0 Å². The molecule has 1 aromatic heterocycles. The van der Waals surface area contributed by atoms with Crippen LogP contribution in [0.15, 0.2) is 24.4 Å². The highest BCUT2D eigenvalue weighted by Crippen LogP contribution is 2.31. The molecule has 24 heavy (non-hydrogen) atoms. The molecule has 0 radical (unpaired) electrons. The van der Waals surface area contributed by atoms with Gasteiger partial charge in [-0.1, -0.05) is 6.92 Å². The van der Waals surface area contributed by atoms with Gasteiger partial charge in [-0.15, -0.1) is 0 Å². The first-order valence-corrected chi connectivity index (χ1v) is 7.67. The van der Waals surface area contributed by atoms with E-state index in [4.69, 9.17) is 5.11 Å². The Morgan fingerprint density at radius 2 is 2.17 bits per heavy atom. The number of aromatic amines is 1. The second kappa shape index (κ2) is 5.95. The predicted molar refractivity (Wildman–Crippen MR) is 85.8 cm³/mol. The van der Waals surface area contributed by atoms with Gasteiger partial charge < -0.3 is 15.0 Å². The average Bonchev–Trinajstić information content (AvgIpc) is 3.29. The number of nitrogens with one attached hydrogen (secondary N) is 1. The van der Waals surface area contributed by atoms with E-state index < -0.39 is 16.8 Å². The summed E-state index contributed by atoms with van der Waals surface area (Å²) in [6.45, 7) is 1.69. The minimum absolute atomic E-state index is 0.0444. The molecule has 8 heteroatoms. The molecule has 0 aliphatic heterocycles. The van der Waals surface area contributed by atoms with Gasteiger partial charge in [-0.05, 0) is 18.9 Å². The molecule has 0 bridgehead atoms. The first-order chi connectivity index (χ1) is 11.4. The number of nitrogens with zero attached hydrogens (tertiary/aromatic N) is 2. The molecule has 1 heterocycles. The third-order valence-electron chi connectivity index (χ3n) is 4.25. The lowest BCUT2D eigenvalue weighted by Gasteiger charge is -2.24. The molecule has 0 spiro atoms. The number of amides is 1. The first-order valence-electron chi connectivity index (χ1n) is 7.67. The SMILES string of the molecule is CC(CN(C(=O)c1c[nH]c2ccc([N+](=O)[O-])cc12)C1CC1)C(=O)O. The molecule has 126 valence electrons. The van der Waals surface area contributed by atoms with Crippen molar-refractivity contribution in [2.24, 2.45) is 5.92 Å². The first kappa shape index (κ1) is 16.0. The largest absolute Gasteiger partial charge is 0.481 e. The molecule has 2 aromatic rings. The van der Waals surface area contributed by atoms with E-state index in [2.05, 4.69) is 4.98 Å². The standard InChI is InChI=1S/C16H17N3O5/c1-9(16(21)22)8-18(10-2-3-10)15(20)13-7-17-14-5-4-11(19(23)24)6-12(13)14/h4-7,9-10,17H,2-3,8H2,1H3,(H,21,22). The second-order valence-corrected chi connectivity index (χ2v) is 6.12. The van der Waals surface area contributed by atoms with Crippen molar-refractivity contribution in [1.82, 2.24) is 9.88 Å². The fourth-order valence-electron chi connectivity index (χ4n) is 2.71. The number of benzene rings is 1. The van der Waals surface area contributed by atoms with Crippen molar-refractivity contribution in [3.05, 3.63) is 40.1 Å². The van der Waals surface area contributed by atoms with E-state index >= 15 is 0 Å². The van der Waals surface area contributed by atoms with Gasteiger partial charge in [0, 0.05) is 41.8 Å². The van der Waals surface area contributed by atoms with Crippen LogP contribution >= 0.6 is 0 Å². The quantitative estimate of drug-likeness (QED) is 0.622. The van der Waals surface area contributed by atoms with Crippen LogP contribution in [0, 0.1) is 16.0 Å². The van der Waals surface area contributed by atoms with Crippen LogP contribution in [-0.2, 0) is 4.79 Å². The number of hydrogen-bond donors (Lipinski definition) is 2. The fraction of sp³-hybridized carbons (Fsp3) is 0.375.